The van der Waals surface area contributed by atoms with Gasteiger partial charge in [-0.2, -0.15) is 0 Å². The first-order valence-corrected chi connectivity index (χ1v) is 5.52. The lowest BCUT2D eigenvalue weighted by Gasteiger charge is -2.17. The summed E-state index contributed by atoms with van der Waals surface area (Å²) in [7, 11) is 0. The predicted molar refractivity (Wildman–Crippen MR) is 71.1 cm³/mol. The van der Waals surface area contributed by atoms with Gasteiger partial charge in [0.1, 0.15) is 5.82 Å². The van der Waals surface area contributed by atoms with E-state index in [-0.39, 0.29) is 11.2 Å². The third-order valence-corrected chi connectivity index (χ3v) is 2.34. The molecule has 0 aliphatic heterocycles. The minimum atomic E-state index is -0.689. The molecule has 0 amide bonds. The van der Waals surface area contributed by atoms with E-state index in [9.17, 15) is 9.50 Å². The van der Waals surface area contributed by atoms with Gasteiger partial charge < -0.3 is 21.6 Å². The van der Waals surface area contributed by atoms with Crippen molar-refractivity contribution >= 4 is 11.4 Å². The van der Waals surface area contributed by atoms with Crippen molar-refractivity contribution in [2.45, 2.75) is 20.8 Å². The second-order valence-corrected chi connectivity index (χ2v) is 5.05. The summed E-state index contributed by atoms with van der Waals surface area (Å²) in [4.78, 5) is 0. The van der Waals surface area contributed by atoms with Crippen molar-refractivity contribution in [3.63, 3.8) is 0 Å². The molecule has 0 aliphatic rings. The standard InChI is InChI=1S/C13H18FN3O/c1-13(2,3)11(15)7-12(16)17-8-4-5-9(14)10(18)6-8/h4-7,15,17-18H,16H2,1-3H3/b12-7-,15-11?. The maximum absolute atomic E-state index is 12.8. The zero-order valence-corrected chi connectivity index (χ0v) is 10.7. The number of nitrogens with two attached hydrogens (primary N) is 1. The predicted octanol–water partition coefficient (Wildman–Crippen LogP) is 2.81. The molecule has 0 heterocycles. The van der Waals surface area contributed by atoms with E-state index >= 15 is 0 Å². The van der Waals surface area contributed by atoms with E-state index in [0.717, 1.165) is 6.07 Å². The van der Waals surface area contributed by atoms with Gasteiger partial charge in [0.25, 0.3) is 0 Å². The molecule has 0 radical (unpaired) electrons. The van der Waals surface area contributed by atoms with E-state index < -0.39 is 11.6 Å². The van der Waals surface area contributed by atoms with Crippen LogP contribution in [-0.4, -0.2) is 10.8 Å². The van der Waals surface area contributed by atoms with Crippen LogP contribution in [-0.2, 0) is 0 Å². The molecule has 1 rings (SSSR count). The molecule has 0 saturated heterocycles. The molecule has 18 heavy (non-hydrogen) atoms. The fraction of sp³-hybridized carbons (Fsp3) is 0.308. The summed E-state index contributed by atoms with van der Waals surface area (Å²) in [6, 6.07) is 3.83. The van der Waals surface area contributed by atoms with Gasteiger partial charge in [0.2, 0.25) is 0 Å². The summed E-state index contributed by atoms with van der Waals surface area (Å²) in [6.45, 7) is 5.72. The van der Waals surface area contributed by atoms with Crippen molar-refractivity contribution in [1.82, 2.24) is 0 Å². The molecule has 0 unspecified atom stereocenters. The van der Waals surface area contributed by atoms with Crippen molar-refractivity contribution < 1.29 is 9.50 Å². The number of benzene rings is 1. The van der Waals surface area contributed by atoms with E-state index in [2.05, 4.69) is 5.32 Å². The van der Waals surface area contributed by atoms with E-state index in [0.29, 0.717) is 11.4 Å². The van der Waals surface area contributed by atoms with Gasteiger partial charge in [0.05, 0.1) is 0 Å². The Bertz CT molecular complexity index is 489. The Morgan fingerprint density at radius 2 is 2.06 bits per heavy atom. The van der Waals surface area contributed by atoms with Crippen LogP contribution in [0.1, 0.15) is 20.8 Å². The Morgan fingerprint density at radius 3 is 2.56 bits per heavy atom. The molecule has 0 saturated carbocycles. The number of hydrogen-bond acceptors (Lipinski definition) is 4. The molecule has 1 aromatic rings. The number of hydrogen-bond donors (Lipinski definition) is 4. The molecule has 1 aromatic carbocycles. The van der Waals surface area contributed by atoms with Gasteiger partial charge in [-0.15, -0.1) is 0 Å². The van der Waals surface area contributed by atoms with Crippen LogP contribution in [0.25, 0.3) is 0 Å². The van der Waals surface area contributed by atoms with Gasteiger partial charge in [0.15, 0.2) is 11.6 Å². The number of phenols is 1. The Kier molecular flexibility index (Phi) is 3.96. The Morgan fingerprint density at radius 1 is 1.44 bits per heavy atom. The van der Waals surface area contributed by atoms with Crippen LogP contribution < -0.4 is 11.1 Å². The highest BCUT2D eigenvalue weighted by molar-refractivity contribution is 5.97. The van der Waals surface area contributed by atoms with Gasteiger partial charge >= 0.3 is 0 Å². The number of rotatable bonds is 3. The van der Waals surface area contributed by atoms with Crippen LogP contribution >= 0.6 is 0 Å². The van der Waals surface area contributed by atoms with Gasteiger partial charge in [0, 0.05) is 22.9 Å². The number of aromatic hydroxyl groups is 1. The van der Waals surface area contributed by atoms with Crippen LogP contribution in [0.2, 0.25) is 0 Å². The first kappa shape index (κ1) is 14.0. The minimum Gasteiger partial charge on any atom is -0.505 e. The molecule has 0 aromatic heterocycles. The van der Waals surface area contributed by atoms with E-state index in [4.69, 9.17) is 11.1 Å². The largest absolute Gasteiger partial charge is 0.505 e. The molecule has 0 spiro atoms. The number of halogens is 1. The average molecular weight is 251 g/mol. The number of anilines is 1. The number of nitrogens with one attached hydrogen (secondary N) is 2. The number of phenolic OH excluding ortho intramolecular Hbond substituents is 1. The van der Waals surface area contributed by atoms with Crippen LogP contribution in [0.5, 0.6) is 5.75 Å². The second-order valence-electron chi connectivity index (χ2n) is 5.05. The summed E-state index contributed by atoms with van der Waals surface area (Å²) >= 11 is 0. The lowest BCUT2D eigenvalue weighted by atomic mass is 9.90. The van der Waals surface area contributed by atoms with Gasteiger partial charge in [-0.1, -0.05) is 20.8 Å². The van der Waals surface area contributed by atoms with Crippen molar-refractivity contribution in [3.05, 3.63) is 35.9 Å². The molecular weight excluding hydrogens is 233 g/mol. The molecule has 0 bridgehead atoms. The minimum absolute atomic E-state index is 0.265. The molecule has 0 aliphatic carbocycles. The monoisotopic (exact) mass is 251 g/mol. The highest BCUT2D eigenvalue weighted by Gasteiger charge is 2.15. The van der Waals surface area contributed by atoms with Crippen molar-refractivity contribution in [1.29, 1.82) is 5.41 Å². The molecule has 0 atom stereocenters. The third-order valence-electron chi connectivity index (χ3n) is 2.34. The molecular formula is C13H18FN3O. The van der Waals surface area contributed by atoms with Crippen LogP contribution in [0.3, 0.4) is 0 Å². The molecule has 4 nitrogen and oxygen atoms in total. The van der Waals surface area contributed by atoms with Gasteiger partial charge in [-0.05, 0) is 18.2 Å². The first-order valence-electron chi connectivity index (χ1n) is 5.52. The second kappa shape index (κ2) is 5.08. The Hall–Kier alpha value is -2.04. The fourth-order valence-corrected chi connectivity index (χ4v) is 1.17. The molecule has 5 N–H and O–H groups in total. The normalized spacial score (nSPS) is 12.3. The lowest BCUT2D eigenvalue weighted by molar-refractivity contribution is 0.433. The molecule has 5 heteroatoms. The summed E-state index contributed by atoms with van der Waals surface area (Å²) in [5.41, 5.74) is 6.27. The fourth-order valence-electron chi connectivity index (χ4n) is 1.17. The SMILES string of the molecule is CC(C)(C)C(=N)/C=C(/N)Nc1ccc(F)c(O)c1. The van der Waals surface area contributed by atoms with E-state index in [1.165, 1.54) is 18.2 Å². The average Bonchev–Trinajstić information content (AvgIpc) is 2.22. The zero-order chi connectivity index (χ0) is 13.9. The Balaban J connectivity index is 2.81. The highest BCUT2D eigenvalue weighted by Crippen LogP contribution is 2.21. The molecule has 98 valence electrons. The molecule has 0 fully saturated rings. The van der Waals surface area contributed by atoms with Gasteiger partial charge in [-0.3, -0.25) is 0 Å². The third kappa shape index (κ3) is 3.76. The van der Waals surface area contributed by atoms with Crippen molar-refractivity contribution in [2.24, 2.45) is 11.1 Å². The van der Waals surface area contributed by atoms with Crippen molar-refractivity contribution in [3.8, 4) is 5.75 Å². The van der Waals surface area contributed by atoms with Crippen molar-refractivity contribution in [2.75, 3.05) is 5.32 Å². The summed E-state index contributed by atoms with van der Waals surface area (Å²) in [5.74, 6) is -0.870. The smallest absolute Gasteiger partial charge is 0.164 e. The van der Waals surface area contributed by atoms with Crippen LogP contribution in [0.4, 0.5) is 10.1 Å². The summed E-state index contributed by atoms with van der Waals surface area (Å²) in [6.07, 6.45) is 1.50. The Labute approximate surface area is 106 Å². The highest BCUT2D eigenvalue weighted by atomic mass is 19.1. The zero-order valence-electron chi connectivity index (χ0n) is 10.7. The first-order chi connectivity index (χ1) is 8.20. The maximum Gasteiger partial charge on any atom is 0.164 e. The van der Waals surface area contributed by atoms with Gasteiger partial charge in [-0.25, -0.2) is 4.39 Å². The summed E-state index contributed by atoms with van der Waals surface area (Å²) in [5, 5.41) is 19.8. The van der Waals surface area contributed by atoms with Crippen LogP contribution in [0, 0.1) is 16.6 Å². The maximum atomic E-state index is 12.8. The quantitative estimate of drug-likeness (QED) is 0.623. The number of allylic oxidation sites excluding steroid dienone is 1. The summed E-state index contributed by atoms with van der Waals surface area (Å²) < 4.78 is 12.8. The van der Waals surface area contributed by atoms with E-state index in [1.54, 1.807) is 0 Å². The lowest BCUT2D eigenvalue weighted by Crippen LogP contribution is -2.20. The van der Waals surface area contributed by atoms with Crippen LogP contribution in [0.15, 0.2) is 30.1 Å². The topological polar surface area (TPSA) is 82.1 Å². The van der Waals surface area contributed by atoms with E-state index in [1.807, 2.05) is 20.8 Å².